The Morgan fingerprint density at radius 1 is 1.39 bits per heavy atom. The van der Waals surface area contributed by atoms with E-state index < -0.39 is 0 Å². The largest absolute Gasteiger partial charge is 0.350 e. The Morgan fingerprint density at radius 2 is 2.26 bits per heavy atom. The number of likely N-dealkylation sites (tertiary alicyclic amines) is 1. The van der Waals surface area contributed by atoms with Crippen molar-refractivity contribution in [2.24, 2.45) is 0 Å². The monoisotopic (exact) mass is 317 g/mol. The second-order valence-electron chi connectivity index (χ2n) is 5.83. The maximum absolute atomic E-state index is 13.8. The fourth-order valence-electron chi connectivity index (χ4n) is 2.92. The molecule has 1 saturated heterocycles. The lowest BCUT2D eigenvalue weighted by Gasteiger charge is -2.33. The Hall–Kier alpha value is -2.28. The zero-order valence-corrected chi connectivity index (χ0v) is 12.9. The first-order chi connectivity index (χ1) is 11.2. The highest BCUT2D eigenvalue weighted by atomic mass is 19.1. The van der Waals surface area contributed by atoms with E-state index in [1.807, 2.05) is 12.1 Å². The van der Waals surface area contributed by atoms with Crippen LogP contribution in [0.1, 0.15) is 18.4 Å². The molecule has 1 atom stereocenters. The van der Waals surface area contributed by atoms with Crippen LogP contribution in [0.25, 0.3) is 0 Å². The highest BCUT2D eigenvalue weighted by Gasteiger charge is 2.22. The van der Waals surface area contributed by atoms with Crippen molar-refractivity contribution in [1.29, 1.82) is 0 Å². The summed E-state index contributed by atoms with van der Waals surface area (Å²) in [6.07, 6.45) is 5.13. The number of benzene rings is 1. The van der Waals surface area contributed by atoms with Gasteiger partial charge >= 0.3 is 0 Å². The molecule has 6 nitrogen and oxygen atoms in total. The summed E-state index contributed by atoms with van der Waals surface area (Å²) in [6.45, 7) is 2.40. The number of nitrogens with one attached hydrogen (secondary N) is 1. The molecule has 3 rings (SSSR count). The average Bonchev–Trinajstić information content (AvgIpc) is 3.03. The molecular weight excluding hydrogens is 297 g/mol. The Kier molecular flexibility index (Phi) is 4.97. The van der Waals surface area contributed by atoms with Gasteiger partial charge in [0.15, 0.2) is 0 Å². The Balaban J connectivity index is 1.52. The molecule has 0 aliphatic carbocycles. The minimum Gasteiger partial charge on any atom is -0.350 e. The molecule has 2 aromatic rings. The number of carbonyl (C=O) groups is 1. The molecule has 0 bridgehead atoms. The first-order valence-corrected chi connectivity index (χ1v) is 7.80. The van der Waals surface area contributed by atoms with Crippen LogP contribution in [0.2, 0.25) is 0 Å². The summed E-state index contributed by atoms with van der Waals surface area (Å²) in [5.41, 5.74) is 0.696. The highest BCUT2D eigenvalue weighted by molar-refractivity contribution is 5.75. The summed E-state index contributed by atoms with van der Waals surface area (Å²) in [6, 6.07) is 6.92. The van der Waals surface area contributed by atoms with Crippen molar-refractivity contribution in [2.45, 2.75) is 32.0 Å². The van der Waals surface area contributed by atoms with E-state index in [0.29, 0.717) is 12.1 Å². The molecule has 1 aromatic carbocycles. The van der Waals surface area contributed by atoms with E-state index in [4.69, 9.17) is 0 Å². The molecule has 0 radical (unpaired) electrons. The number of carbonyl (C=O) groups excluding carboxylic acids is 1. The topological polar surface area (TPSA) is 63.1 Å². The first-order valence-electron chi connectivity index (χ1n) is 7.80. The molecule has 2 heterocycles. The van der Waals surface area contributed by atoms with Crippen LogP contribution < -0.4 is 5.32 Å². The zero-order chi connectivity index (χ0) is 16.1. The quantitative estimate of drug-likeness (QED) is 0.900. The number of amides is 1. The van der Waals surface area contributed by atoms with Crippen molar-refractivity contribution in [1.82, 2.24) is 25.2 Å². The number of rotatable bonds is 5. The van der Waals surface area contributed by atoms with Crippen molar-refractivity contribution in [2.75, 3.05) is 13.1 Å². The summed E-state index contributed by atoms with van der Waals surface area (Å²) in [7, 11) is 0. The normalized spacial score (nSPS) is 18.7. The molecule has 1 aromatic heterocycles. The van der Waals surface area contributed by atoms with Crippen LogP contribution in [0.4, 0.5) is 4.39 Å². The molecule has 1 amide bonds. The lowest BCUT2D eigenvalue weighted by molar-refractivity contribution is -0.123. The van der Waals surface area contributed by atoms with Crippen molar-refractivity contribution in [3.8, 4) is 0 Å². The van der Waals surface area contributed by atoms with Crippen LogP contribution in [0, 0.1) is 5.82 Å². The molecule has 1 N–H and O–H groups in total. The van der Waals surface area contributed by atoms with E-state index in [1.54, 1.807) is 18.5 Å². The van der Waals surface area contributed by atoms with E-state index in [1.165, 1.54) is 10.7 Å². The van der Waals surface area contributed by atoms with Crippen LogP contribution in [0.15, 0.2) is 36.7 Å². The predicted molar refractivity (Wildman–Crippen MR) is 82.9 cm³/mol. The number of hydrogen-bond acceptors (Lipinski definition) is 4. The van der Waals surface area contributed by atoms with E-state index in [-0.39, 0.29) is 24.3 Å². The maximum Gasteiger partial charge on any atom is 0.242 e. The summed E-state index contributed by atoms with van der Waals surface area (Å²) in [5.74, 6) is -0.252. The van der Waals surface area contributed by atoms with Gasteiger partial charge in [-0.05, 0) is 25.5 Å². The SMILES string of the molecule is O=C(Cn1ccnn1)NC1CCCN(Cc2ccccc2F)C1. The lowest BCUT2D eigenvalue weighted by Crippen LogP contribution is -2.48. The zero-order valence-electron chi connectivity index (χ0n) is 12.9. The molecule has 122 valence electrons. The van der Waals surface area contributed by atoms with Crippen LogP contribution in [-0.4, -0.2) is 44.9 Å². The third kappa shape index (κ3) is 4.35. The van der Waals surface area contributed by atoms with Crippen LogP contribution >= 0.6 is 0 Å². The molecule has 23 heavy (non-hydrogen) atoms. The highest BCUT2D eigenvalue weighted by Crippen LogP contribution is 2.15. The van der Waals surface area contributed by atoms with E-state index in [9.17, 15) is 9.18 Å². The standard InChI is InChI=1S/C16H20FN5O/c17-15-6-2-1-4-13(15)10-21-8-3-5-14(11-21)19-16(23)12-22-9-7-18-20-22/h1-2,4,6-7,9,14H,3,5,8,10-12H2,(H,19,23). The smallest absolute Gasteiger partial charge is 0.242 e. The van der Waals surface area contributed by atoms with Gasteiger partial charge in [0.1, 0.15) is 12.4 Å². The second-order valence-corrected chi connectivity index (χ2v) is 5.83. The van der Waals surface area contributed by atoms with Crippen molar-refractivity contribution in [3.63, 3.8) is 0 Å². The third-order valence-corrected chi connectivity index (χ3v) is 4.00. The van der Waals surface area contributed by atoms with E-state index in [0.717, 1.165) is 25.9 Å². The first kappa shape index (κ1) is 15.6. The number of halogens is 1. The number of nitrogens with zero attached hydrogens (tertiary/aromatic N) is 4. The fourth-order valence-corrected chi connectivity index (χ4v) is 2.92. The van der Waals surface area contributed by atoms with Gasteiger partial charge in [0.2, 0.25) is 5.91 Å². The Labute approximate surface area is 134 Å². The molecule has 1 fully saturated rings. The molecule has 1 aliphatic heterocycles. The van der Waals surface area contributed by atoms with Crippen LogP contribution in [-0.2, 0) is 17.9 Å². The van der Waals surface area contributed by atoms with Gasteiger partial charge in [0.05, 0.1) is 6.20 Å². The summed E-state index contributed by atoms with van der Waals surface area (Å²) in [4.78, 5) is 14.2. The fraction of sp³-hybridized carbons (Fsp3) is 0.438. The number of aromatic nitrogens is 3. The molecule has 7 heteroatoms. The predicted octanol–water partition coefficient (Wildman–Crippen LogP) is 1.20. The number of hydrogen-bond donors (Lipinski definition) is 1. The van der Waals surface area contributed by atoms with Gasteiger partial charge < -0.3 is 5.32 Å². The van der Waals surface area contributed by atoms with Crippen LogP contribution in [0.5, 0.6) is 0 Å². The Morgan fingerprint density at radius 3 is 3.04 bits per heavy atom. The van der Waals surface area contributed by atoms with Gasteiger partial charge in [-0.1, -0.05) is 23.4 Å². The molecule has 0 saturated carbocycles. The van der Waals surface area contributed by atoms with Crippen LogP contribution in [0.3, 0.4) is 0 Å². The van der Waals surface area contributed by atoms with Gasteiger partial charge in [-0.3, -0.25) is 9.69 Å². The van der Waals surface area contributed by atoms with Gasteiger partial charge in [0.25, 0.3) is 0 Å². The number of piperidine rings is 1. The Bertz CT molecular complexity index is 646. The maximum atomic E-state index is 13.8. The average molecular weight is 317 g/mol. The molecule has 1 unspecified atom stereocenters. The summed E-state index contributed by atoms with van der Waals surface area (Å²) >= 11 is 0. The summed E-state index contributed by atoms with van der Waals surface area (Å²) < 4.78 is 15.2. The molecule has 0 spiro atoms. The van der Waals surface area contributed by atoms with Crippen molar-refractivity contribution >= 4 is 5.91 Å². The molecular formula is C16H20FN5O. The van der Waals surface area contributed by atoms with Gasteiger partial charge in [-0.2, -0.15) is 0 Å². The van der Waals surface area contributed by atoms with Crippen molar-refractivity contribution < 1.29 is 9.18 Å². The lowest BCUT2D eigenvalue weighted by atomic mass is 10.0. The summed E-state index contributed by atoms with van der Waals surface area (Å²) in [5, 5.41) is 10.5. The minimum atomic E-state index is -0.176. The van der Waals surface area contributed by atoms with E-state index >= 15 is 0 Å². The van der Waals surface area contributed by atoms with Crippen molar-refractivity contribution in [3.05, 3.63) is 48.0 Å². The second kappa shape index (κ2) is 7.32. The minimum absolute atomic E-state index is 0.0757. The molecule has 1 aliphatic rings. The van der Waals surface area contributed by atoms with Gasteiger partial charge in [-0.15, -0.1) is 5.10 Å². The van der Waals surface area contributed by atoms with Gasteiger partial charge in [-0.25, -0.2) is 9.07 Å². The third-order valence-electron chi connectivity index (χ3n) is 4.00. The van der Waals surface area contributed by atoms with E-state index in [2.05, 4.69) is 20.5 Å². The van der Waals surface area contributed by atoms with Gasteiger partial charge in [0, 0.05) is 30.9 Å².